The van der Waals surface area contributed by atoms with Crippen LogP contribution in [-0.4, -0.2) is 32.5 Å². The van der Waals surface area contributed by atoms with E-state index < -0.39 is 0 Å². The Morgan fingerprint density at radius 1 is 1.21 bits per heavy atom. The van der Waals surface area contributed by atoms with E-state index in [1.54, 1.807) is 12.7 Å². The summed E-state index contributed by atoms with van der Waals surface area (Å²) in [7, 11) is 0. The van der Waals surface area contributed by atoms with E-state index in [2.05, 4.69) is 31.8 Å². The topological polar surface area (TPSA) is 57.7 Å². The van der Waals surface area contributed by atoms with Gasteiger partial charge in [0.1, 0.15) is 11.8 Å². The van der Waals surface area contributed by atoms with E-state index in [1.807, 2.05) is 0 Å². The molecule has 0 bridgehead atoms. The summed E-state index contributed by atoms with van der Waals surface area (Å²) in [5.74, 6) is 2.64. The van der Waals surface area contributed by atoms with E-state index >= 15 is 0 Å². The molecule has 2 aromatic rings. The highest BCUT2D eigenvalue weighted by molar-refractivity contribution is 5.83. The average Bonchev–Trinajstić information content (AvgIpc) is 3.04. The molecule has 2 fully saturated rings. The zero-order chi connectivity index (χ0) is 12.8. The van der Waals surface area contributed by atoms with Crippen LogP contribution >= 0.6 is 0 Å². The second kappa shape index (κ2) is 4.18. The van der Waals surface area contributed by atoms with Gasteiger partial charge >= 0.3 is 0 Å². The summed E-state index contributed by atoms with van der Waals surface area (Å²) in [6.45, 7) is 3.49. The zero-order valence-electron chi connectivity index (χ0n) is 11.2. The Morgan fingerprint density at radius 2 is 2.11 bits per heavy atom. The number of aromatic nitrogens is 4. The Balaban J connectivity index is 1.77. The fourth-order valence-corrected chi connectivity index (χ4v) is 3.99. The molecule has 5 nitrogen and oxygen atoms in total. The highest BCUT2D eigenvalue weighted by atomic mass is 15.3. The van der Waals surface area contributed by atoms with Gasteiger partial charge in [0.15, 0.2) is 11.5 Å². The number of imidazole rings is 1. The van der Waals surface area contributed by atoms with Crippen molar-refractivity contribution in [1.29, 1.82) is 0 Å². The van der Waals surface area contributed by atoms with Crippen LogP contribution in [0.3, 0.4) is 0 Å². The standard InChI is InChI=1S/C14H19N5/c1-9-6-19(11-5-3-2-4-10(9)11)14-12-13(16-7-15-12)17-8-18-14/h7-11H,2-6H2,1H3,(H,15,16,17,18). The third-order valence-electron chi connectivity index (χ3n) is 4.87. The molecule has 2 aromatic heterocycles. The van der Waals surface area contributed by atoms with E-state index in [1.165, 1.54) is 25.7 Å². The number of hydrogen-bond donors (Lipinski definition) is 1. The van der Waals surface area contributed by atoms with E-state index in [-0.39, 0.29) is 0 Å². The first kappa shape index (κ1) is 11.2. The highest BCUT2D eigenvalue weighted by Gasteiger charge is 2.41. The summed E-state index contributed by atoms with van der Waals surface area (Å²) in [5.41, 5.74) is 1.76. The second-order valence-electron chi connectivity index (χ2n) is 5.94. The lowest BCUT2D eigenvalue weighted by molar-refractivity contribution is 0.293. The van der Waals surface area contributed by atoms with Crippen LogP contribution in [0.25, 0.3) is 11.2 Å². The Kier molecular flexibility index (Phi) is 2.47. The molecule has 19 heavy (non-hydrogen) atoms. The molecule has 5 heteroatoms. The average molecular weight is 257 g/mol. The van der Waals surface area contributed by atoms with Crippen molar-refractivity contribution in [3.8, 4) is 0 Å². The zero-order valence-corrected chi connectivity index (χ0v) is 11.2. The fourth-order valence-electron chi connectivity index (χ4n) is 3.99. The Labute approximate surface area is 112 Å². The summed E-state index contributed by atoms with van der Waals surface area (Å²) in [6.07, 6.45) is 8.76. The van der Waals surface area contributed by atoms with E-state index in [9.17, 15) is 0 Å². The first-order chi connectivity index (χ1) is 9.34. The van der Waals surface area contributed by atoms with Crippen LogP contribution in [0.5, 0.6) is 0 Å². The van der Waals surface area contributed by atoms with Crippen molar-refractivity contribution in [2.24, 2.45) is 11.8 Å². The summed E-state index contributed by atoms with van der Waals surface area (Å²) in [5, 5.41) is 0. The molecular weight excluding hydrogens is 238 g/mol. The molecular formula is C14H19N5. The summed E-state index contributed by atoms with van der Waals surface area (Å²) in [6, 6.07) is 0.658. The largest absolute Gasteiger partial charge is 0.351 e. The molecule has 4 rings (SSSR count). The van der Waals surface area contributed by atoms with Gasteiger partial charge in [-0.2, -0.15) is 0 Å². The number of anilines is 1. The highest BCUT2D eigenvalue weighted by Crippen LogP contribution is 2.42. The second-order valence-corrected chi connectivity index (χ2v) is 5.94. The van der Waals surface area contributed by atoms with Crippen LogP contribution in [0.2, 0.25) is 0 Å². The van der Waals surface area contributed by atoms with Crippen LogP contribution in [0.1, 0.15) is 32.6 Å². The normalized spacial score (nSPS) is 30.8. The SMILES string of the molecule is CC1CN(c2ncnc3nc[nH]c23)C2CCCCC12. The van der Waals surface area contributed by atoms with Crippen LogP contribution in [0.15, 0.2) is 12.7 Å². The van der Waals surface area contributed by atoms with E-state index in [0.29, 0.717) is 6.04 Å². The molecule has 1 saturated carbocycles. The molecule has 3 heterocycles. The van der Waals surface area contributed by atoms with Crippen molar-refractivity contribution < 1.29 is 0 Å². The molecule has 1 aliphatic heterocycles. The Hall–Kier alpha value is -1.65. The molecule has 0 radical (unpaired) electrons. The van der Waals surface area contributed by atoms with Crippen molar-refractivity contribution in [3.05, 3.63) is 12.7 Å². The number of H-pyrrole nitrogens is 1. The first-order valence-corrected chi connectivity index (χ1v) is 7.25. The Morgan fingerprint density at radius 3 is 3.05 bits per heavy atom. The number of nitrogens with zero attached hydrogens (tertiary/aromatic N) is 4. The summed E-state index contributed by atoms with van der Waals surface area (Å²) < 4.78 is 0. The maximum Gasteiger partial charge on any atom is 0.182 e. The summed E-state index contributed by atoms with van der Waals surface area (Å²) in [4.78, 5) is 18.7. The van der Waals surface area contributed by atoms with Gasteiger partial charge in [0.05, 0.1) is 6.33 Å². The molecule has 3 unspecified atom stereocenters. The molecule has 100 valence electrons. The molecule has 0 amide bonds. The van der Waals surface area contributed by atoms with Gasteiger partial charge in [-0.1, -0.05) is 19.8 Å². The molecule has 0 aromatic carbocycles. The minimum Gasteiger partial charge on any atom is -0.351 e. The molecule has 1 N–H and O–H groups in total. The van der Waals surface area contributed by atoms with Crippen molar-refractivity contribution >= 4 is 17.0 Å². The van der Waals surface area contributed by atoms with Crippen LogP contribution in [0.4, 0.5) is 5.82 Å². The number of aromatic amines is 1. The molecule has 2 aliphatic rings. The third-order valence-corrected chi connectivity index (χ3v) is 4.87. The van der Waals surface area contributed by atoms with Gasteiger partial charge in [-0.15, -0.1) is 0 Å². The monoisotopic (exact) mass is 257 g/mol. The minimum atomic E-state index is 0.658. The first-order valence-electron chi connectivity index (χ1n) is 7.25. The van der Waals surface area contributed by atoms with Gasteiger partial charge in [0, 0.05) is 12.6 Å². The maximum atomic E-state index is 4.53. The molecule has 1 saturated heterocycles. The minimum absolute atomic E-state index is 0.658. The maximum absolute atomic E-state index is 4.53. The lowest BCUT2D eigenvalue weighted by Gasteiger charge is -2.32. The van der Waals surface area contributed by atoms with Crippen molar-refractivity contribution in [3.63, 3.8) is 0 Å². The number of nitrogens with one attached hydrogen (secondary N) is 1. The van der Waals surface area contributed by atoms with Gasteiger partial charge in [-0.3, -0.25) is 0 Å². The number of hydrogen-bond acceptors (Lipinski definition) is 4. The summed E-state index contributed by atoms with van der Waals surface area (Å²) >= 11 is 0. The van der Waals surface area contributed by atoms with Crippen molar-refractivity contribution in [1.82, 2.24) is 19.9 Å². The van der Waals surface area contributed by atoms with Gasteiger partial charge in [0.25, 0.3) is 0 Å². The quantitative estimate of drug-likeness (QED) is 0.852. The lowest BCUT2D eigenvalue weighted by Crippen LogP contribution is -2.35. The van der Waals surface area contributed by atoms with E-state index in [4.69, 9.17) is 0 Å². The van der Waals surface area contributed by atoms with Gasteiger partial charge in [0.2, 0.25) is 0 Å². The van der Waals surface area contributed by atoms with E-state index in [0.717, 1.165) is 35.4 Å². The van der Waals surface area contributed by atoms with Crippen LogP contribution < -0.4 is 4.90 Å². The van der Waals surface area contributed by atoms with Gasteiger partial charge in [-0.05, 0) is 24.7 Å². The van der Waals surface area contributed by atoms with Crippen LogP contribution in [0, 0.1) is 11.8 Å². The van der Waals surface area contributed by atoms with Gasteiger partial charge < -0.3 is 9.88 Å². The lowest BCUT2D eigenvalue weighted by atomic mass is 9.80. The Bertz CT molecular complexity index is 592. The fraction of sp³-hybridized carbons (Fsp3) is 0.643. The van der Waals surface area contributed by atoms with Crippen molar-refractivity contribution in [2.45, 2.75) is 38.6 Å². The molecule has 1 aliphatic carbocycles. The predicted molar refractivity (Wildman–Crippen MR) is 73.9 cm³/mol. The predicted octanol–water partition coefficient (Wildman–Crippen LogP) is 2.37. The molecule has 3 atom stereocenters. The van der Waals surface area contributed by atoms with Crippen molar-refractivity contribution in [2.75, 3.05) is 11.4 Å². The number of fused-ring (bicyclic) bond motifs is 2. The molecule has 0 spiro atoms. The number of rotatable bonds is 1. The smallest absolute Gasteiger partial charge is 0.182 e. The van der Waals surface area contributed by atoms with Gasteiger partial charge in [-0.25, -0.2) is 15.0 Å². The third kappa shape index (κ3) is 1.64. The van der Waals surface area contributed by atoms with Crippen LogP contribution in [-0.2, 0) is 0 Å².